The first-order valence-corrected chi connectivity index (χ1v) is 10.00. The maximum atomic E-state index is 11.7. The first kappa shape index (κ1) is 21.2. The number of aliphatic hydroxyl groups excluding tert-OH is 1. The molecule has 0 aromatic rings. The van der Waals surface area contributed by atoms with Crippen LogP contribution in [0.25, 0.3) is 0 Å². The second kappa shape index (κ2) is 11.7. The largest absolute Gasteiger partial charge is 0.462 e. The van der Waals surface area contributed by atoms with E-state index in [-0.39, 0.29) is 17.5 Å². The number of rotatable bonds is 12. The highest BCUT2D eigenvalue weighted by Gasteiger charge is 2.33. The van der Waals surface area contributed by atoms with Gasteiger partial charge in [-0.3, -0.25) is 0 Å². The Hall–Kier alpha value is -0.830. The topological polar surface area (TPSA) is 46.5 Å². The van der Waals surface area contributed by atoms with E-state index in [1.54, 1.807) is 6.92 Å². The smallest absolute Gasteiger partial charge is 0.333 e. The summed E-state index contributed by atoms with van der Waals surface area (Å²) in [6, 6.07) is 0. The van der Waals surface area contributed by atoms with Gasteiger partial charge in [0.1, 0.15) is 0 Å². The summed E-state index contributed by atoms with van der Waals surface area (Å²) in [5, 5.41) is 10.2. The van der Waals surface area contributed by atoms with Gasteiger partial charge < -0.3 is 9.84 Å². The zero-order valence-electron chi connectivity index (χ0n) is 15.9. The third-order valence-corrected chi connectivity index (χ3v) is 5.41. The molecule has 0 aliphatic heterocycles. The van der Waals surface area contributed by atoms with Crippen molar-refractivity contribution in [3.8, 4) is 0 Å². The predicted octanol–water partition coefficient (Wildman–Crippen LogP) is 5.56. The van der Waals surface area contributed by atoms with Gasteiger partial charge in [-0.05, 0) is 39.0 Å². The Kier molecular flexibility index (Phi) is 10.3. The molecule has 24 heavy (non-hydrogen) atoms. The Bertz CT molecular complexity index is 369. The minimum Gasteiger partial charge on any atom is -0.462 e. The summed E-state index contributed by atoms with van der Waals surface area (Å²) in [6.07, 6.45) is 14.6. The minimum absolute atomic E-state index is 0.130. The Balaban J connectivity index is 2.34. The molecule has 0 radical (unpaired) electrons. The number of ether oxygens (including phenoxy) is 1. The molecule has 1 rings (SSSR count). The van der Waals surface area contributed by atoms with E-state index in [0.29, 0.717) is 12.2 Å². The number of hydrogen-bond donors (Lipinski definition) is 1. The molecule has 140 valence electrons. The quantitative estimate of drug-likeness (QED) is 0.288. The fraction of sp³-hybridized carbons (Fsp3) is 0.857. The van der Waals surface area contributed by atoms with Crippen molar-refractivity contribution in [3.05, 3.63) is 12.2 Å². The summed E-state index contributed by atoms with van der Waals surface area (Å²) in [4.78, 5) is 11.7. The van der Waals surface area contributed by atoms with Gasteiger partial charge in [0.15, 0.2) is 0 Å². The lowest BCUT2D eigenvalue weighted by atomic mass is 9.71. The molecule has 0 aromatic carbocycles. The van der Waals surface area contributed by atoms with Crippen LogP contribution in [-0.2, 0) is 9.53 Å². The Labute approximate surface area is 148 Å². The van der Waals surface area contributed by atoms with Crippen LogP contribution in [0.2, 0.25) is 0 Å². The molecule has 3 nitrogen and oxygen atoms in total. The van der Waals surface area contributed by atoms with Gasteiger partial charge in [0.05, 0.1) is 12.7 Å². The molecule has 1 fully saturated rings. The predicted molar refractivity (Wildman–Crippen MR) is 99.9 cm³/mol. The van der Waals surface area contributed by atoms with Crippen LogP contribution in [0.1, 0.15) is 97.3 Å². The summed E-state index contributed by atoms with van der Waals surface area (Å²) in [7, 11) is 0. The van der Waals surface area contributed by atoms with Gasteiger partial charge in [0.25, 0.3) is 0 Å². The van der Waals surface area contributed by atoms with Crippen molar-refractivity contribution in [2.45, 2.75) is 103 Å². The summed E-state index contributed by atoms with van der Waals surface area (Å²) in [5.74, 6) is -0.268. The van der Waals surface area contributed by atoms with E-state index >= 15 is 0 Å². The highest BCUT2D eigenvalue weighted by Crippen LogP contribution is 2.41. The normalized spacial score (nSPS) is 18.1. The Morgan fingerprint density at radius 1 is 1.12 bits per heavy atom. The van der Waals surface area contributed by atoms with Crippen molar-refractivity contribution in [2.24, 2.45) is 5.41 Å². The van der Waals surface area contributed by atoms with Gasteiger partial charge in [0.2, 0.25) is 0 Å². The van der Waals surface area contributed by atoms with Gasteiger partial charge in [-0.1, -0.05) is 64.9 Å². The molecule has 3 heteroatoms. The molecule has 0 bridgehead atoms. The van der Waals surface area contributed by atoms with E-state index in [1.165, 1.54) is 38.5 Å². The lowest BCUT2D eigenvalue weighted by Crippen LogP contribution is -2.31. The van der Waals surface area contributed by atoms with E-state index in [0.717, 1.165) is 44.9 Å². The molecule has 1 saturated carbocycles. The highest BCUT2D eigenvalue weighted by atomic mass is 16.5. The van der Waals surface area contributed by atoms with Crippen LogP contribution in [0, 0.1) is 5.41 Å². The highest BCUT2D eigenvalue weighted by molar-refractivity contribution is 5.86. The SMILES string of the molecule is C=C(C)C(=O)OCC1(CCCC(O)CCCCCC)CCCCC1. The van der Waals surface area contributed by atoms with Crippen LogP contribution in [0.5, 0.6) is 0 Å². The fourth-order valence-corrected chi connectivity index (χ4v) is 3.77. The van der Waals surface area contributed by atoms with Gasteiger partial charge in [-0.15, -0.1) is 0 Å². The number of hydrogen-bond acceptors (Lipinski definition) is 3. The van der Waals surface area contributed by atoms with Crippen LogP contribution in [0.3, 0.4) is 0 Å². The molecule has 0 heterocycles. The van der Waals surface area contributed by atoms with Crippen molar-refractivity contribution in [3.63, 3.8) is 0 Å². The van der Waals surface area contributed by atoms with Gasteiger partial charge in [-0.2, -0.15) is 0 Å². The van der Waals surface area contributed by atoms with Crippen LogP contribution in [-0.4, -0.2) is 23.8 Å². The molecule has 1 aliphatic rings. The molecule has 0 amide bonds. The number of carbonyl (C=O) groups is 1. The molecule has 1 N–H and O–H groups in total. The average molecular weight is 339 g/mol. The monoisotopic (exact) mass is 338 g/mol. The van der Waals surface area contributed by atoms with Gasteiger partial charge in [0, 0.05) is 11.0 Å². The third kappa shape index (κ3) is 8.32. The standard InChI is InChI=1S/C21H38O3/c1-4-5-6-8-12-19(22)13-11-16-21(14-9-7-10-15-21)17-24-20(23)18(2)3/h19,22H,2,4-17H2,1,3H3. The van der Waals surface area contributed by atoms with E-state index in [2.05, 4.69) is 13.5 Å². The van der Waals surface area contributed by atoms with Gasteiger partial charge >= 0.3 is 5.97 Å². The van der Waals surface area contributed by atoms with Crippen LogP contribution in [0.4, 0.5) is 0 Å². The Morgan fingerprint density at radius 3 is 2.42 bits per heavy atom. The third-order valence-electron chi connectivity index (χ3n) is 5.41. The summed E-state index contributed by atoms with van der Waals surface area (Å²) in [6.45, 7) is 8.09. The number of esters is 1. The number of unbranched alkanes of at least 4 members (excludes halogenated alkanes) is 3. The second-order valence-corrected chi connectivity index (χ2v) is 7.81. The lowest BCUT2D eigenvalue weighted by molar-refractivity contribution is -0.143. The molecule has 0 saturated heterocycles. The van der Waals surface area contributed by atoms with E-state index in [9.17, 15) is 9.90 Å². The maximum absolute atomic E-state index is 11.7. The van der Waals surface area contributed by atoms with Crippen molar-refractivity contribution < 1.29 is 14.6 Å². The van der Waals surface area contributed by atoms with Crippen molar-refractivity contribution in [2.75, 3.05) is 6.61 Å². The van der Waals surface area contributed by atoms with Crippen molar-refractivity contribution >= 4 is 5.97 Å². The zero-order valence-corrected chi connectivity index (χ0v) is 15.9. The van der Waals surface area contributed by atoms with Gasteiger partial charge in [-0.25, -0.2) is 4.79 Å². The van der Waals surface area contributed by atoms with E-state index in [1.807, 2.05) is 0 Å². The lowest BCUT2D eigenvalue weighted by Gasteiger charge is -2.37. The minimum atomic E-state index is -0.268. The first-order chi connectivity index (χ1) is 11.5. The fourth-order valence-electron chi connectivity index (χ4n) is 3.77. The number of aliphatic hydroxyl groups is 1. The van der Waals surface area contributed by atoms with Crippen molar-refractivity contribution in [1.82, 2.24) is 0 Å². The molecule has 0 aromatic heterocycles. The molecular formula is C21H38O3. The molecule has 1 aliphatic carbocycles. The summed E-state index contributed by atoms with van der Waals surface area (Å²) < 4.78 is 5.49. The van der Waals surface area contributed by atoms with Crippen molar-refractivity contribution in [1.29, 1.82) is 0 Å². The van der Waals surface area contributed by atoms with E-state index < -0.39 is 0 Å². The summed E-state index contributed by atoms with van der Waals surface area (Å²) in [5.41, 5.74) is 0.606. The molecule has 0 spiro atoms. The average Bonchev–Trinajstić information content (AvgIpc) is 2.57. The van der Waals surface area contributed by atoms with Crippen LogP contribution in [0.15, 0.2) is 12.2 Å². The zero-order chi connectivity index (χ0) is 17.8. The molecule has 1 atom stereocenters. The van der Waals surface area contributed by atoms with Crippen LogP contribution >= 0.6 is 0 Å². The molecular weight excluding hydrogens is 300 g/mol. The maximum Gasteiger partial charge on any atom is 0.333 e. The second-order valence-electron chi connectivity index (χ2n) is 7.81. The van der Waals surface area contributed by atoms with E-state index in [4.69, 9.17) is 4.74 Å². The van der Waals surface area contributed by atoms with Crippen LogP contribution < -0.4 is 0 Å². The molecule has 1 unspecified atom stereocenters. The number of carbonyl (C=O) groups excluding carboxylic acids is 1. The first-order valence-electron chi connectivity index (χ1n) is 10.00. The summed E-state index contributed by atoms with van der Waals surface area (Å²) >= 11 is 0. The Morgan fingerprint density at radius 2 is 1.79 bits per heavy atom.